The largest absolute Gasteiger partial charge is 0.398 e. The van der Waals surface area contributed by atoms with Gasteiger partial charge in [-0.15, -0.1) is 0 Å². The molecule has 1 amide bonds. The van der Waals surface area contributed by atoms with Gasteiger partial charge in [0, 0.05) is 31.0 Å². The standard InChI is InChI=1S/C11H15N3O4.2C2H6/c1-2-18-6-5-13-11(15)9-7-8(14(16)17)3-4-10(9)12;2*1-2/h3-4,7H,2,5-6,12H2,1H3,(H,13,15);2*1-2H3. The Balaban J connectivity index is 0. The zero-order chi connectivity index (χ0) is 17.5. The second kappa shape index (κ2) is 13.8. The number of carbonyl (C=O) groups is 1. The maximum atomic E-state index is 11.7. The van der Waals surface area contributed by atoms with E-state index in [0.29, 0.717) is 19.8 Å². The molecular formula is C15H27N3O4. The first-order chi connectivity index (χ1) is 10.6. The van der Waals surface area contributed by atoms with Crippen molar-refractivity contribution < 1.29 is 14.5 Å². The molecule has 0 bridgehead atoms. The Labute approximate surface area is 132 Å². The van der Waals surface area contributed by atoms with Crippen LogP contribution in [0.1, 0.15) is 45.0 Å². The highest BCUT2D eigenvalue weighted by molar-refractivity contribution is 5.99. The lowest BCUT2D eigenvalue weighted by Crippen LogP contribution is -2.28. The summed E-state index contributed by atoms with van der Waals surface area (Å²) in [7, 11) is 0. The highest BCUT2D eigenvalue weighted by atomic mass is 16.6. The van der Waals surface area contributed by atoms with Crippen LogP contribution in [-0.2, 0) is 4.74 Å². The van der Waals surface area contributed by atoms with Gasteiger partial charge in [-0.25, -0.2) is 0 Å². The van der Waals surface area contributed by atoms with Crippen molar-refractivity contribution in [2.24, 2.45) is 0 Å². The molecule has 0 saturated heterocycles. The van der Waals surface area contributed by atoms with Crippen LogP contribution in [0.4, 0.5) is 11.4 Å². The predicted octanol–water partition coefficient (Wildman–Crippen LogP) is 3.00. The Morgan fingerprint density at radius 3 is 2.41 bits per heavy atom. The third-order valence-corrected chi connectivity index (χ3v) is 2.23. The second-order valence-corrected chi connectivity index (χ2v) is 3.48. The Morgan fingerprint density at radius 2 is 1.91 bits per heavy atom. The average molecular weight is 313 g/mol. The van der Waals surface area contributed by atoms with Gasteiger partial charge in [0.05, 0.1) is 17.1 Å². The molecule has 0 aliphatic rings. The normalized spacial score (nSPS) is 8.77. The monoisotopic (exact) mass is 313 g/mol. The van der Waals surface area contributed by atoms with Crippen LogP contribution in [-0.4, -0.2) is 30.6 Å². The molecule has 7 nitrogen and oxygen atoms in total. The summed E-state index contributed by atoms with van der Waals surface area (Å²) in [6, 6.07) is 3.76. The molecule has 0 atom stereocenters. The van der Waals surface area contributed by atoms with Gasteiger partial charge in [0.2, 0.25) is 0 Å². The second-order valence-electron chi connectivity index (χ2n) is 3.48. The lowest BCUT2D eigenvalue weighted by Gasteiger charge is -2.07. The van der Waals surface area contributed by atoms with Crippen molar-refractivity contribution in [3.05, 3.63) is 33.9 Å². The molecule has 1 rings (SSSR count). The van der Waals surface area contributed by atoms with Crippen LogP contribution in [0, 0.1) is 10.1 Å². The van der Waals surface area contributed by atoms with Crippen molar-refractivity contribution >= 4 is 17.3 Å². The van der Waals surface area contributed by atoms with Crippen molar-refractivity contribution in [2.45, 2.75) is 34.6 Å². The summed E-state index contributed by atoms with van der Waals surface area (Å²) in [5, 5.41) is 13.2. The summed E-state index contributed by atoms with van der Waals surface area (Å²) < 4.78 is 5.06. The Kier molecular flexibility index (Phi) is 13.9. The fourth-order valence-electron chi connectivity index (χ4n) is 1.33. The number of benzene rings is 1. The van der Waals surface area contributed by atoms with Gasteiger partial charge in [-0.1, -0.05) is 27.7 Å². The molecule has 1 aromatic carbocycles. The van der Waals surface area contributed by atoms with E-state index >= 15 is 0 Å². The van der Waals surface area contributed by atoms with Crippen LogP contribution in [0.2, 0.25) is 0 Å². The van der Waals surface area contributed by atoms with E-state index in [9.17, 15) is 14.9 Å². The van der Waals surface area contributed by atoms with Crippen LogP contribution < -0.4 is 11.1 Å². The van der Waals surface area contributed by atoms with Crippen molar-refractivity contribution in [3.8, 4) is 0 Å². The molecule has 0 saturated carbocycles. The fourth-order valence-corrected chi connectivity index (χ4v) is 1.33. The van der Waals surface area contributed by atoms with Crippen LogP contribution in [0.5, 0.6) is 0 Å². The van der Waals surface area contributed by atoms with Gasteiger partial charge in [0.1, 0.15) is 0 Å². The van der Waals surface area contributed by atoms with E-state index < -0.39 is 10.8 Å². The maximum absolute atomic E-state index is 11.7. The van der Waals surface area contributed by atoms with Crippen LogP contribution in [0.3, 0.4) is 0 Å². The molecule has 126 valence electrons. The van der Waals surface area contributed by atoms with Crippen molar-refractivity contribution in [1.29, 1.82) is 0 Å². The zero-order valence-corrected chi connectivity index (χ0v) is 14.0. The summed E-state index contributed by atoms with van der Waals surface area (Å²) in [5.41, 5.74) is 5.74. The number of hydrogen-bond donors (Lipinski definition) is 2. The molecular weight excluding hydrogens is 286 g/mol. The SMILES string of the molecule is CC.CC.CCOCCNC(=O)c1cc([N+](=O)[O-])ccc1N. The molecule has 0 radical (unpaired) electrons. The number of nitrogens with zero attached hydrogens (tertiary/aromatic N) is 1. The summed E-state index contributed by atoms with van der Waals surface area (Å²) in [6.07, 6.45) is 0. The smallest absolute Gasteiger partial charge is 0.270 e. The molecule has 0 fully saturated rings. The van der Waals surface area contributed by atoms with E-state index in [0.717, 1.165) is 6.07 Å². The lowest BCUT2D eigenvalue weighted by molar-refractivity contribution is -0.384. The molecule has 0 spiro atoms. The summed E-state index contributed by atoms with van der Waals surface area (Å²) in [6.45, 7) is 11.1. The van der Waals surface area contributed by atoms with Crippen molar-refractivity contribution in [3.63, 3.8) is 0 Å². The van der Waals surface area contributed by atoms with E-state index in [1.54, 1.807) is 0 Å². The zero-order valence-electron chi connectivity index (χ0n) is 14.0. The first kappa shape index (κ1) is 22.1. The number of rotatable bonds is 6. The first-order valence-electron chi connectivity index (χ1n) is 7.46. The molecule has 7 heteroatoms. The minimum Gasteiger partial charge on any atom is -0.398 e. The fraction of sp³-hybridized carbons (Fsp3) is 0.533. The third kappa shape index (κ3) is 8.21. The molecule has 0 unspecified atom stereocenters. The number of carbonyl (C=O) groups excluding carboxylic acids is 1. The number of ether oxygens (including phenoxy) is 1. The average Bonchev–Trinajstić information content (AvgIpc) is 2.55. The number of nitrogens with one attached hydrogen (secondary N) is 1. The minimum absolute atomic E-state index is 0.0979. The molecule has 1 aromatic rings. The van der Waals surface area contributed by atoms with E-state index in [1.807, 2.05) is 34.6 Å². The van der Waals surface area contributed by atoms with E-state index in [1.165, 1.54) is 12.1 Å². The quantitative estimate of drug-likeness (QED) is 0.363. The molecule has 0 heterocycles. The van der Waals surface area contributed by atoms with Gasteiger partial charge < -0.3 is 15.8 Å². The molecule has 0 aliphatic carbocycles. The van der Waals surface area contributed by atoms with E-state index in [4.69, 9.17) is 10.5 Å². The van der Waals surface area contributed by atoms with Gasteiger partial charge in [-0.2, -0.15) is 0 Å². The molecule has 3 N–H and O–H groups in total. The van der Waals surface area contributed by atoms with Gasteiger partial charge in [0.15, 0.2) is 0 Å². The summed E-state index contributed by atoms with van der Waals surface area (Å²) >= 11 is 0. The number of amides is 1. The Hall–Kier alpha value is -2.15. The molecule has 22 heavy (non-hydrogen) atoms. The van der Waals surface area contributed by atoms with Crippen molar-refractivity contribution in [1.82, 2.24) is 5.32 Å². The molecule has 0 aliphatic heterocycles. The Bertz CT molecular complexity index is 450. The van der Waals surface area contributed by atoms with Crippen LogP contribution in [0.25, 0.3) is 0 Å². The maximum Gasteiger partial charge on any atom is 0.270 e. The highest BCUT2D eigenvalue weighted by Crippen LogP contribution is 2.19. The summed E-state index contributed by atoms with van der Waals surface area (Å²) in [4.78, 5) is 21.8. The van der Waals surface area contributed by atoms with Gasteiger partial charge in [0.25, 0.3) is 11.6 Å². The van der Waals surface area contributed by atoms with E-state index in [-0.39, 0.29) is 16.9 Å². The van der Waals surface area contributed by atoms with Crippen LogP contribution >= 0.6 is 0 Å². The van der Waals surface area contributed by atoms with Gasteiger partial charge in [-0.3, -0.25) is 14.9 Å². The van der Waals surface area contributed by atoms with E-state index in [2.05, 4.69) is 5.32 Å². The number of nitrogens with two attached hydrogens (primary N) is 1. The van der Waals surface area contributed by atoms with Crippen LogP contribution in [0.15, 0.2) is 18.2 Å². The van der Waals surface area contributed by atoms with Crippen molar-refractivity contribution in [2.75, 3.05) is 25.5 Å². The number of nitro groups is 1. The van der Waals surface area contributed by atoms with Gasteiger partial charge >= 0.3 is 0 Å². The predicted molar refractivity (Wildman–Crippen MR) is 89.0 cm³/mol. The third-order valence-electron chi connectivity index (χ3n) is 2.23. The van der Waals surface area contributed by atoms with Gasteiger partial charge in [-0.05, 0) is 13.0 Å². The topological polar surface area (TPSA) is 107 Å². The minimum atomic E-state index is -0.573. The number of non-ortho nitro benzene ring substituents is 1. The summed E-state index contributed by atoms with van der Waals surface area (Å²) in [5.74, 6) is -0.448. The number of nitro benzene ring substituents is 1. The number of nitrogen functional groups attached to an aromatic ring is 1. The number of hydrogen-bond acceptors (Lipinski definition) is 5. The lowest BCUT2D eigenvalue weighted by atomic mass is 10.1. The highest BCUT2D eigenvalue weighted by Gasteiger charge is 2.14. The Morgan fingerprint density at radius 1 is 1.32 bits per heavy atom. The first-order valence-corrected chi connectivity index (χ1v) is 7.46. The molecule has 0 aromatic heterocycles. The number of anilines is 1.